The van der Waals surface area contributed by atoms with E-state index in [1.54, 1.807) is 22.9 Å². The Bertz CT molecular complexity index is 1440. The molecule has 1 N–H and O–H groups in total. The zero-order valence-corrected chi connectivity index (χ0v) is 22.5. The van der Waals surface area contributed by atoms with Crippen molar-refractivity contribution in [2.75, 3.05) is 55.9 Å². The van der Waals surface area contributed by atoms with Crippen LogP contribution in [0.1, 0.15) is 13.3 Å². The van der Waals surface area contributed by atoms with Gasteiger partial charge in [-0.1, -0.05) is 0 Å². The molecule has 2 unspecified atom stereocenters. The lowest BCUT2D eigenvalue weighted by Crippen LogP contribution is -2.46. The number of benzene rings is 1. The fourth-order valence-electron chi connectivity index (χ4n) is 5.64. The maximum Gasteiger partial charge on any atom is 0.415 e. The van der Waals surface area contributed by atoms with E-state index in [1.165, 1.54) is 17.2 Å². The first-order chi connectivity index (χ1) is 19.7. The Kier molecular flexibility index (Phi) is 7.05. The minimum atomic E-state index is -0.920. The molecule has 5 heterocycles. The monoisotopic (exact) mass is 567 g/mol. The third kappa shape index (κ3) is 5.33. The molecule has 6 rings (SSSR count). The average Bonchev–Trinajstić information content (AvgIpc) is 3.54. The number of rotatable bonds is 7. The Balaban J connectivity index is 1.07. The number of aliphatic hydroxyl groups is 1. The minimum Gasteiger partial charge on any atom is -0.436 e. The molecule has 2 aromatic heterocycles. The maximum absolute atomic E-state index is 15.0. The fourth-order valence-corrected chi connectivity index (χ4v) is 5.64. The van der Waals surface area contributed by atoms with Gasteiger partial charge in [-0.2, -0.15) is 0 Å². The quantitative estimate of drug-likeness (QED) is 0.333. The van der Waals surface area contributed by atoms with Crippen molar-refractivity contribution in [1.82, 2.24) is 19.4 Å². The number of fused-ring (bicyclic) bond motifs is 1. The van der Waals surface area contributed by atoms with Crippen LogP contribution in [0.25, 0.3) is 11.1 Å². The predicted octanol–water partition coefficient (Wildman–Crippen LogP) is 2.04. The number of anilines is 2. The van der Waals surface area contributed by atoms with E-state index in [2.05, 4.69) is 19.8 Å². The lowest BCUT2D eigenvalue weighted by atomic mass is 10.1. The van der Waals surface area contributed by atoms with Gasteiger partial charge in [-0.25, -0.2) is 9.37 Å². The van der Waals surface area contributed by atoms with Gasteiger partial charge in [0.2, 0.25) is 0 Å². The number of imidazole rings is 1. The minimum absolute atomic E-state index is 0.0332. The van der Waals surface area contributed by atoms with Crippen LogP contribution in [-0.2, 0) is 16.1 Å². The molecule has 3 aliphatic rings. The number of carbonyl (C=O) groups excluding carboxylic acids is 1. The number of nitrogens with zero attached hydrogens (tertiary/aromatic N) is 7. The van der Waals surface area contributed by atoms with Crippen molar-refractivity contribution in [1.29, 1.82) is 0 Å². The second kappa shape index (κ2) is 10.7. The average molecular weight is 568 g/mol. The molecule has 3 aliphatic heterocycles. The molecule has 1 amide bonds. The molecular formula is C27H30FN7O6. The number of pyridine rings is 1. The molecule has 2 atom stereocenters. The van der Waals surface area contributed by atoms with Crippen LogP contribution >= 0.6 is 0 Å². The topological polar surface area (TPSA) is 139 Å². The largest absolute Gasteiger partial charge is 0.436 e. The summed E-state index contributed by atoms with van der Waals surface area (Å²) in [7, 11) is 0. The van der Waals surface area contributed by atoms with E-state index in [9.17, 15) is 20.0 Å². The SMILES string of the molecule is CC1(CN2CCCN(c3ccc(-c4ccc(N5COC(CO)C5=O)cc4F)cn3)CC2)Cn2cc([N+](=O)[O-])nc2O1. The van der Waals surface area contributed by atoms with E-state index in [1.807, 2.05) is 19.1 Å². The second-order valence-corrected chi connectivity index (χ2v) is 10.7. The Morgan fingerprint density at radius 3 is 2.76 bits per heavy atom. The van der Waals surface area contributed by atoms with Gasteiger partial charge in [0.25, 0.3) is 5.91 Å². The molecule has 1 aromatic carbocycles. The van der Waals surface area contributed by atoms with Crippen molar-refractivity contribution in [3.8, 4) is 17.1 Å². The van der Waals surface area contributed by atoms with Crippen molar-refractivity contribution in [2.24, 2.45) is 0 Å². The summed E-state index contributed by atoms with van der Waals surface area (Å²) in [5.41, 5.74) is 0.836. The number of halogens is 1. The van der Waals surface area contributed by atoms with Crippen LogP contribution in [-0.4, -0.2) is 93.1 Å². The van der Waals surface area contributed by atoms with Gasteiger partial charge in [-0.3, -0.25) is 19.2 Å². The Morgan fingerprint density at radius 2 is 2.07 bits per heavy atom. The van der Waals surface area contributed by atoms with Crippen molar-refractivity contribution in [3.05, 3.63) is 58.7 Å². The number of hydrogen-bond acceptors (Lipinski definition) is 10. The van der Waals surface area contributed by atoms with Crippen molar-refractivity contribution in [3.63, 3.8) is 0 Å². The van der Waals surface area contributed by atoms with Gasteiger partial charge in [-0.15, -0.1) is 0 Å². The summed E-state index contributed by atoms with van der Waals surface area (Å²) >= 11 is 0. The van der Waals surface area contributed by atoms with Crippen molar-refractivity contribution in [2.45, 2.75) is 31.6 Å². The van der Waals surface area contributed by atoms with E-state index >= 15 is 4.39 Å². The number of aliphatic hydroxyl groups excluding tert-OH is 1. The molecule has 0 aliphatic carbocycles. The third-order valence-corrected chi connectivity index (χ3v) is 7.66. The number of hydrogen-bond donors (Lipinski definition) is 1. The summed E-state index contributed by atoms with van der Waals surface area (Å²) in [6, 6.07) is 8.55. The first-order valence-corrected chi connectivity index (χ1v) is 13.4. The lowest BCUT2D eigenvalue weighted by molar-refractivity contribution is -0.389. The zero-order chi connectivity index (χ0) is 28.7. The number of nitro groups is 1. The summed E-state index contributed by atoms with van der Waals surface area (Å²) in [4.78, 5) is 37.1. The van der Waals surface area contributed by atoms with Crippen molar-refractivity contribution < 1.29 is 28.7 Å². The summed E-state index contributed by atoms with van der Waals surface area (Å²) in [5, 5.41) is 20.2. The maximum atomic E-state index is 15.0. The van der Waals surface area contributed by atoms with Gasteiger partial charge in [0, 0.05) is 60.7 Å². The van der Waals surface area contributed by atoms with Gasteiger partial charge in [0.1, 0.15) is 30.2 Å². The molecule has 14 heteroatoms. The lowest BCUT2D eigenvalue weighted by Gasteiger charge is -2.30. The van der Waals surface area contributed by atoms with E-state index in [0.29, 0.717) is 29.9 Å². The summed E-state index contributed by atoms with van der Waals surface area (Å²) in [6.07, 6.45) is 3.06. The van der Waals surface area contributed by atoms with Crippen LogP contribution < -0.4 is 14.5 Å². The molecule has 0 radical (unpaired) electrons. The Hall–Kier alpha value is -4.14. The number of aromatic nitrogens is 3. The predicted molar refractivity (Wildman–Crippen MR) is 145 cm³/mol. The highest BCUT2D eigenvalue weighted by molar-refractivity contribution is 5.98. The first-order valence-electron chi connectivity index (χ1n) is 13.4. The highest BCUT2D eigenvalue weighted by Crippen LogP contribution is 2.32. The number of ether oxygens (including phenoxy) is 2. The van der Waals surface area contributed by atoms with E-state index in [4.69, 9.17) is 9.47 Å². The molecule has 0 spiro atoms. The molecule has 0 saturated carbocycles. The first kappa shape index (κ1) is 27.1. The van der Waals surface area contributed by atoms with E-state index in [0.717, 1.165) is 38.4 Å². The van der Waals surface area contributed by atoms with Crippen LogP contribution in [0, 0.1) is 15.9 Å². The Morgan fingerprint density at radius 1 is 1.22 bits per heavy atom. The van der Waals surface area contributed by atoms with Gasteiger partial charge in [0.15, 0.2) is 6.10 Å². The molecule has 0 bridgehead atoms. The van der Waals surface area contributed by atoms with Gasteiger partial charge >= 0.3 is 11.8 Å². The Labute approximate surface area is 234 Å². The van der Waals surface area contributed by atoms with Crippen LogP contribution in [0.3, 0.4) is 0 Å². The van der Waals surface area contributed by atoms with Gasteiger partial charge in [-0.05, 0) is 48.6 Å². The van der Waals surface area contributed by atoms with Crippen LogP contribution in [0.15, 0.2) is 42.7 Å². The summed E-state index contributed by atoms with van der Waals surface area (Å²) in [6.45, 7) is 5.93. The third-order valence-electron chi connectivity index (χ3n) is 7.66. The summed E-state index contributed by atoms with van der Waals surface area (Å²) < 4.78 is 28.0. The fraction of sp³-hybridized carbons (Fsp3) is 0.444. The van der Waals surface area contributed by atoms with Crippen LogP contribution in [0.5, 0.6) is 6.01 Å². The molecule has 41 heavy (non-hydrogen) atoms. The molecule has 3 aromatic rings. The summed E-state index contributed by atoms with van der Waals surface area (Å²) in [5.74, 6) is -0.291. The molecule has 2 fully saturated rings. The van der Waals surface area contributed by atoms with E-state index < -0.39 is 35.0 Å². The van der Waals surface area contributed by atoms with Crippen LogP contribution in [0.4, 0.5) is 21.7 Å². The highest BCUT2D eigenvalue weighted by atomic mass is 19.1. The second-order valence-electron chi connectivity index (χ2n) is 10.7. The molecule has 2 saturated heterocycles. The molecular weight excluding hydrogens is 537 g/mol. The van der Waals surface area contributed by atoms with Gasteiger partial charge < -0.3 is 29.6 Å². The molecule has 216 valence electrons. The van der Waals surface area contributed by atoms with Gasteiger partial charge in [0.05, 0.1) is 13.2 Å². The highest BCUT2D eigenvalue weighted by Gasteiger charge is 2.41. The smallest absolute Gasteiger partial charge is 0.415 e. The molecule has 13 nitrogen and oxygen atoms in total. The number of carbonyl (C=O) groups is 1. The zero-order valence-electron chi connectivity index (χ0n) is 22.5. The standard InChI is InChI=1S/C27H30FN7O6/c1-27(16-33-13-24(35(38)39)30-26(33)41-27)15-31-7-2-8-32(10-9-31)23-6-3-18(12-29-23)20-5-4-19(11-21(20)28)34-17-40-22(14-36)25(34)37/h3-6,11-13,22,36H,2,7-10,14-17H2,1H3. The van der Waals surface area contributed by atoms with Crippen molar-refractivity contribution >= 4 is 23.2 Å². The number of amides is 1. The normalized spacial score (nSPS) is 23.0. The van der Waals surface area contributed by atoms with Crippen LogP contribution in [0.2, 0.25) is 0 Å². The van der Waals surface area contributed by atoms with E-state index in [-0.39, 0.29) is 18.6 Å².